The second-order valence-electron chi connectivity index (χ2n) is 4.44. The first kappa shape index (κ1) is 10.1. The van der Waals surface area contributed by atoms with Crippen LogP contribution in [-0.2, 0) is 0 Å². The van der Waals surface area contributed by atoms with Crippen LogP contribution < -0.4 is 0 Å². The fraction of sp³-hybridized carbons (Fsp3) is 0.133. The van der Waals surface area contributed by atoms with E-state index in [-0.39, 0.29) is 0 Å². The van der Waals surface area contributed by atoms with Gasteiger partial charge in [-0.15, -0.1) is 0 Å². The zero-order valence-electron chi connectivity index (χ0n) is 10.0. The van der Waals surface area contributed by atoms with Gasteiger partial charge in [0.2, 0.25) is 0 Å². The lowest BCUT2D eigenvalue weighted by Gasteiger charge is -2.03. The van der Waals surface area contributed by atoms with E-state index in [0.717, 1.165) is 11.3 Å². The average molecular weight is 222 g/mol. The minimum Gasteiger partial charge on any atom is -0.306 e. The van der Waals surface area contributed by atoms with Crippen LogP contribution in [0.4, 0.5) is 0 Å². The number of fused-ring (bicyclic) bond motifs is 1. The number of nitrogens with zero attached hydrogens (tertiary/aromatic N) is 2. The van der Waals surface area contributed by atoms with Gasteiger partial charge in [-0.2, -0.15) is 0 Å². The second-order valence-corrected chi connectivity index (χ2v) is 4.44. The molecule has 1 aromatic carbocycles. The molecule has 3 rings (SSSR count). The number of rotatable bonds is 1. The molecule has 0 atom stereocenters. The first-order chi connectivity index (χ1) is 8.22. The van der Waals surface area contributed by atoms with Crippen LogP contribution >= 0.6 is 0 Å². The van der Waals surface area contributed by atoms with E-state index in [1.54, 1.807) is 0 Å². The minimum absolute atomic E-state index is 0.999. The summed E-state index contributed by atoms with van der Waals surface area (Å²) in [5.41, 5.74) is 5.80. The Labute approximate surface area is 101 Å². The molecule has 0 aliphatic heterocycles. The Bertz CT molecular complexity index is 680. The lowest BCUT2D eigenvalue weighted by Crippen LogP contribution is -1.85. The van der Waals surface area contributed by atoms with Crippen molar-refractivity contribution in [3.8, 4) is 11.1 Å². The van der Waals surface area contributed by atoms with Gasteiger partial charge in [0, 0.05) is 12.4 Å². The molecule has 2 heteroatoms. The first-order valence-electron chi connectivity index (χ1n) is 5.75. The summed E-state index contributed by atoms with van der Waals surface area (Å²) in [7, 11) is 0. The van der Waals surface area contributed by atoms with Gasteiger partial charge >= 0.3 is 0 Å². The number of aromatic nitrogens is 2. The van der Waals surface area contributed by atoms with Crippen molar-refractivity contribution in [1.29, 1.82) is 0 Å². The average Bonchev–Trinajstić information content (AvgIpc) is 2.68. The van der Waals surface area contributed by atoms with Crippen molar-refractivity contribution in [2.24, 2.45) is 0 Å². The largest absolute Gasteiger partial charge is 0.306 e. The summed E-state index contributed by atoms with van der Waals surface area (Å²) in [5, 5.41) is 0. The predicted molar refractivity (Wildman–Crippen MR) is 70.1 cm³/mol. The topological polar surface area (TPSA) is 17.3 Å². The maximum atomic E-state index is 4.43. The van der Waals surface area contributed by atoms with Crippen molar-refractivity contribution in [1.82, 2.24) is 9.38 Å². The maximum absolute atomic E-state index is 4.43. The Kier molecular flexibility index (Phi) is 2.22. The predicted octanol–water partition coefficient (Wildman–Crippen LogP) is 3.62. The summed E-state index contributed by atoms with van der Waals surface area (Å²) < 4.78 is 2.08. The van der Waals surface area contributed by atoms with Gasteiger partial charge < -0.3 is 4.40 Å². The zero-order chi connectivity index (χ0) is 11.8. The van der Waals surface area contributed by atoms with Crippen molar-refractivity contribution in [2.45, 2.75) is 13.8 Å². The summed E-state index contributed by atoms with van der Waals surface area (Å²) in [6.07, 6.45) is 4.18. The summed E-state index contributed by atoms with van der Waals surface area (Å²) >= 11 is 0. The third kappa shape index (κ3) is 1.82. The van der Waals surface area contributed by atoms with Gasteiger partial charge in [0.05, 0.1) is 5.69 Å². The van der Waals surface area contributed by atoms with Gasteiger partial charge in [-0.1, -0.05) is 29.8 Å². The molecule has 2 nitrogen and oxygen atoms in total. The molecule has 0 aliphatic carbocycles. The molecule has 0 saturated heterocycles. The molecule has 0 bridgehead atoms. The van der Waals surface area contributed by atoms with E-state index in [2.05, 4.69) is 65.1 Å². The van der Waals surface area contributed by atoms with E-state index in [4.69, 9.17) is 0 Å². The number of pyridine rings is 1. The van der Waals surface area contributed by atoms with Crippen LogP contribution in [0.3, 0.4) is 0 Å². The molecule has 2 heterocycles. The van der Waals surface area contributed by atoms with E-state index >= 15 is 0 Å². The zero-order valence-corrected chi connectivity index (χ0v) is 10.0. The minimum atomic E-state index is 0.999. The van der Waals surface area contributed by atoms with Gasteiger partial charge in [-0.3, -0.25) is 0 Å². The van der Waals surface area contributed by atoms with Crippen LogP contribution in [0.5, 0.6) is 0 Å². The number of benzene rings is 1. The van der Waals surface area contributed by atoms with Gasteiger partial charge in [0.1, 0.15) is 5.65 Å². The number of imidazole rings is 1. The quantitative estimate of drug-likeness (QED) is 0.614. The molecule has 0 fully saturated rings. The molecule has 3 aromatic rings. The molecule has 17 heavy (non-hydrogen) atoms. The van der Waals surface area contributed by atoms with E-state index in [1.165, 1.54) is 16.7 Å². The highest BCUT2D eigenvalue weighted by atomic mass is 15.0. The van der Waals surface area contributed by atoms with Crippen LogP contribution in [0.25, 0.3) is 16.8 Å². The lowest BCUT2D eigenvalue weighted by molar-refractivity contribution is 1.19. The van der Waals surface area contributed by atoms with Crippen LogP contribution in [0.2, 0.25) is 0 Å². The molecule has 2 aromatic heterocycles. The van der Waals surface area contributed by atoms with E-state index in [9.17, 15) is 0 Å². The third-order valence-electron chi connectivity index (χ3n) is 2.92. The lowest BCUT2D eigenvalue weighted by atomic mass is 10.1. The van der Waals surface area contributed by atoms with Gasteiger partial charge in [-0.05, 0) is 37.1 Å². The second kappa shape index (κ2) is 3.74. The highest BCUT2D eigenvalue weighted by Crippen LogP contribution is 2.21. The van der Waals surface area contributed by atoms with Gasteiger partial charge in [0.15, 0.2) is 0 Å². The van der Waals surface area contributed by atoms with Crippen LogP contribution in [-0.4, -0.2) is 9.38 Å². The van der Waals surface area contributed by atoms with Crippen LogP contribution in [0, 0.1) is 13.8 Å². The molecular formula is C15H14N2. The van der Waals surface area contributed by atoms with E-state index in [1.807, 2.05) is 6.92 Å². The molecular weight excluding hydrogens is 208 g/mol. The Balaban J connectivity index is 2.17. The number of aryl methyl sites for hydroxylation is 2. The number of hydrogen-bond donors (Lipinski definition) is 0. The van der Waals surface area contributed by atoms with Gasteiger partial charge in [-0.25, -0.2) is 4.98 Å². The normalized spacial score (nSPS) is 10.9. The van der Waals surface area contributed by atoms with Crippen molar-refractivity contribution < 1.29 is 0 Å². The standard InChI is InChI=1S/C15H14N2/c1-11-4-3-5-13(8-11)14-6-7-15-16-12(2)9-17(15)10-14/h3-10H,1-2H3. The van der Waals surface area contributed by atoms with Gasteiger partial charge in [0.25, 0.3) is 0 Å². The SMILES string of the molecule is Cc1cccc(-c2ccc3nc(C)cn3c2)c1. The molecule has 0 saturated carbocycles. The molecule has 0 aliphatic rings. The Morgan fingerprint density at radius 3 is 2.65 bits per heavy atom. The molecule has 84 valence electrons. The fourth-order valence-corrected chi connectivity index (χ4v) is 2.11. The molecule has 0 N–H and O–H groups in total. The maximum Gasteiger partial charge on any atom is 0.136 e. The summed E-state index contributed by atoms with van der Waals surface area (Å²) in [6.45, 7) is 4.13. The van der Waals surface area contributed by atoms with Crippen LogP contribution in [0.15, 0.2) is 48.8 Å². The monoisotopic (exact) mass is 222 g/mol. The molecule has 0 spiro atoms. The highest BCUT2D eigenvalue weighted by molar-refractivity contribution is 5.65. The van der Waals surface area contributed by atoms with E-state index in [0.29, 0.717) is 0 Å². The first-order valence-corrected chi connectivity index (χ1v) is 5.75. The smallest absolute Gasteiger partial charge is 0.136 e. The Morgan fingerprint density at radius 2 is 1.82 bits per heavy atom. The summed E-state index contributed by atoms with van der Waals surface area (Å²) in [4.78, 5) is 4.43. The Hall–Kier alpha value is -2.09. The van der Waals surface area contributed by atoms with Crippen molar-refractivity contribution >= 4 is 5.65 Å². The summed E-state index contributed by atoms with van der Waals surface area (Å²) in [5.74, 6) is 0. The summed E-state index contributed by atoms with van der Waals surface area (Å²) in [6, 6.07) is 12.7. The van der Waals surface area contributed by atoms with Crippen LogP contribution in [0.1, 0.15) is 11.3 Å². The number of hydrogen-bond acceptors (Lipinski definition) is 1. The third-order valence-corrected chi connectivity index (χ3v) is 2.92. The molecule has 0 unspecified atom stereocenters. The van der Waals surface area contributed by atoms with Crippen molar-refractivity contribution in [2.75, 3.05) is 0 Å². The molecule has 0 radical (unpaired) electrons. The fourth-order valence-electron chi connectivity index (χ4n) is 2.11. The van der Waals surface area contributed by atoms with E-state index < -0.39 is 0 Å². The van der Waals surface area contributed by atoms with Crippen molar-refractivity contribution in [3.63, 3.8) is 0 Å². The Morgan fingerprint density at radius 1 is 0.941 bits per heavy atom. The van der Waals surface area contributed by atoms with Crippen molar-refractivity contribution in [3.05, 3.63) is 60.0 Å². The molecule has 0 amide bonds. The highest BCUT2D eigenvalue weighted by Gasteiger charge is 2.01.